The zero-order valence-electron chi connectivity index (χ0n) is 11.0. The van der Waals surface area contributed by atoms with Crippen LogP contribution < -0.4 is 5.32 Å². The normalized spacial score (nSPS) is 22.7. The van der Waals surface area contributed by atoms with Crippen LogP contribution in [0, 0.1) is 5.41 Å². The molecule has 2 rings (SSSR count). The fourth-order valence-electron chi connectivity index (χ4n) is 2.33. The molecule has 0 aromatic rings. The molecular weight excluding hydrogens is 248 g/mol. The van der Waals surface area contributed by atoms with Gasteiger partial charge in [-0.2, -0.15) is 12.6 Å². The Hall–Kier alpha value is -0.260. The molecule has 0 radical (unpaired) electrons. The summed E-state index contributed by atoms with van der Waals surface area (Å²) in [6, 6.07) is 0. The molecule has 5 heteroatoms. The molecule has 1 aliphatic heterocycles. The van der Waals surface area contributed by atoms with Crippen LogP contribution in [0.1, 0.15) is 25.7 Å². The highest BCUT2D eigenvalue weighted by molar-refractivity contribution is 7.80. The quantitative estimate of drug-likeness (QED) is 0.535. The molecule has 1 saturated heterocycles. The lowest BCUT2D eigenvalue weighted by molar-refractivity contribution is -0.122. The summed E-state index contributed by atoms with van der Waals surface area (Å²) in [6.45, 7) is 5.58. The first-order chi connectivity index (χ1) is 8.74. The van der Waals surface area contributed by atoms with Crippen molar-refractivity contribution >= 4 is 18.5 Å². The molecule has 1 heterocycles. The number of hydrogen-bond donors (Lipinski definition) is 2. The molecule has 104 valence electrons. The summed E-state index contributed by atoms with van der Waals surface area (Å²) in [5.41, 5.74) is 0.234. The van der Waals surface area contributed by atoms with Gasteiger partial charge in [0.15, 0.2) is 0 Å². The Labute approximate surface area is 115 Å². The van der Waals surface area contributed by atoms with Crippen molar-refractivity contribution in [2.45, 2.75) is 25.7 Å². The van der Waals surface area contributed by atoms with Gasteiger partial charge in [0.05, 0.1) is 13.2 Å². The summed E-state index contributed by atoms with van der Waals surface area (Å²) in [7, 11) is 0. The minimum absolute atomic E-state index is 0.198. The second kappa shape index (κ2) is 6.78. The highest BCUT2D eigenvalue weighted by Crippen LogP contribution is 2.49. The summed E-state index contributed by atoms with van der Waals surface area (Å²) in [5.74, 6) is 1.04. The van der Waals surface area contributed by atoms with Crippen LogP contribution in [0.15, 0.2) is 0 Å². The lowest BCUT2D eigenvalue weighted by Crippen LogP contribution is -2.38. The van der Waals surface area contributed by atoms with Crippen molar-refractivity contribution in [3.63, 3.8) is 0 Å². The van der Waals surface area contributed by atoms with Gasteiger partial charge in [-0.05, 0) is 37.0 Å². The third-order valence-corrected chi connectivity index (χ3v) is 4.58. The smallest absolute Gasteiger partial charge is 0.220 e. The average Bonchev–Trinajstić information content (AvgIpc) is 3.16. The van der Waals surface area contributed by atoms with E-state index in [0.29, 0.717) is 6.42 Å². The fraction of sp³-hybridized carbons (Fsp3) is 0.923. The molecule has 0 unspecified atom stereocenters. The van der Waals surface area contributed by atoms with Crippen LogP contribution in [-0.4, -0.2) is 56.0 Å². The number of carbonyl (C=O) groups excluding carboxylic acids is 1. The van der Waals surface area contributed by atoms with E-state index in [4.69, 9.17) is 4.74 Å². The highest BCUT2D eigenvalue weighted by atomic mass is 32.1. The van der Waals surface area contributed by atoms with E-state index < -0.39 is 0 Å². The Morgan fingerprint density at radius 2 is 2.06 bits per heavy atom. The third kappa shape index (κ3) is 4.44. The summed E-state index contributed by atoms with van der Waals surface area (Å²) < 4.78 is 5.30. The SMILES string of the molecule is O=C(CC1(CS)CC1)NCCCN1CCOCC1. The van der Waals surface area contributed by atoms with Crippen LogP contribution in [-0.2, 0) is 9.53 Å². The van der Waals surface area contributed by atoms with Crippen LogP contribution in [0.4, 0.5) is 0 Å². The molecule has 0 aromatic heterocycles. The molecule has 2 fully saturated rings. The van der Waals surface area contributed by atoms with Crippen molar-refractivity contribution in [1.82, 2.24) is 10.2 Å². The maximum absolute atomic E-state index is 11.7. The molecule has 1 aliphatic carbocycles. The molecule has 0 spiro atoms. The van der Waals surface area contributed by atoms with E-state index in [9.17, 15) is 4.79 Å². The van der Waals surface area contributed by atoms with Gasteiger partial charge in [0.1, 0.15) is 0 Å². The Bertz CT molecular complexity index is 276. The number of carbonyl (C=O) groups is 1. The number of morpholine rings is 1. The van der Waals surface area contributed by atoms with Gasteiger partial charge < -0.3 is 10.1 Å². The number of hydrogen-bond acceptors (Lipinski definition) is 4. The van der Waals surface area contributed by atoms with Crippen LogP contribution >= 0.6 is 12.6 Å². The van der Waals surface area contributed by atoms with Gasteiger partial charge in [0, 0.05) is 26.1 Å². The van der Waals surface area contributed by atoms with E-state index in [2.05, 4.69) is 22.8 Å². The maximum Gasteiger partial charge on any atom is 0.220 e. The number of amides is 1. The predicted octanol–water partition coefficient (Wildman–Crippen LogP) is 0.925. The van der Waals surface area contributed by atoms with E-state index in [0.717, 1.165) is 64.4 Å². The monoisotopic (exact) mass is 272 g/mol. The van der Waals surface area contributed by atoms with Crippen LogP contribution in [0.2, 0.25) is 0 Å². The highest BCUT2D eigenvalue weighted by Gasteiger charge is 2.42. The van der Waals surface area contributed by atoms with Crippen LogP contribution in [0.5, 0.6) is 0 Å². The Morgan fingerprint density at radius 1 is 1.33 bits per heavy atom. The zero-order valence-corrected chi connectivity index (χ0v) is 11.9. The molecule has 0 bridgehead atoms. The van der Waals surface area contributed by atoms with E-state index in [-0.39, 0.29) is 11.3 Å². The lowest BCUT2D eigenvalue weighted by Gasteiger charge is -2.26. The largest absolute Gasteiger partial charge is 0.379 e. The zero-order chi connectivity index (χ0) is 12.8. The van der Waals surface area contributed by atoms with E-state index in [1.807, 2.05) is 0 Å². The standard InChI is InChI=1S/C13H24N2O2S/c16-12(10-13(11-18)2-3-13)14-4-1-5-15-6-8-17-9-7-15/h18H,1-11H2,(H,14,16). The number of ether oxygens (including phenoxy) is 1. The Kier molecular flexibility index (Phi) is 5.33. The van der Waals surface area contributed by atoms with Gasteiger partial charge in [0.25, 0.3) is 0 Å². The van der Waals surface area contributed by atoms with Crippen LogP contribution in [0.25, 0.3) is 0 Å². The summed E-state index contributed by atoms with van der Waals surface area (Å²) in [6.07, 6.45) is 4.02. The molecule has 0 aromatic carbocycles. The minimum atomic E-state index is 0.198. The van der Waals surface area contributed by atoms with Crippen molar-refractivity contribution in [3.8, 4) is 0 Å². The first kappa shape index (κ1) is 14.2. The fourth-order valence-corrected chi connectivity index (χ4v) is 2.75. The number of rotatable bonds is 7. The van der Waals surface area contributed by atoms with E-state index in [1.54, 1.807) is 0 Å². The van der Waals surface area contributed by atoms with Gasteiger partial charge >= 0.3 is 0 Å². The molecule has 4 nitrogen and oxygen atoms in total. The number of nitrogens with zero attached hydrogens (tertiary/aromatic N) is 1. The molecule has 18 heavy (non-hydrogen) atoms. The topological polar surface area (TPSA) is 41.6 Å². The molecule has 0 atom stereocenters. The number of thiol groups is 1. The van der Waals surface area contributed by atoms with E-state index >= 15 is 0 Å². The van der Waals surface area contributed by atoms with E-state index in [1.165, 1.54) is 0 Å². The number of nitrogens with one attached hydrogen (secondary N) is 1. The maximum atomic E-state index is 11.7. The van der Waals surface area contributed by atoms with Crippen molar-refractivity contribution in [2.75, 3.05) is 45.1 Å². The van der Waals surface area contributed by atoms with Crippen LogP contribution in [0.3, 0.4) is 0 Å². The molecule has 1 saturated carbocycles. The van der Waals surface area contributed by atoms with Crippen molar-refractivity contribution in [1.29, 1.82) is 0 Å². The third-order valence-electron chi connectivity index (χ3n) is 3.91. The molecule has 1 amide bonds. The average molecular weight is 272 g/mol. The summed E-state index contributed by atoms with van der Waals surface area (Å²) in [4.78, 5) is 14.1. The van der Waals surface area contributed by atoms with Gasteiger partial charge in [-0.1, -0.05) is 0 Å². The van der Waals surface area contributed by atoms with Gasteiger partial charge in [-0.25, -0.2) is 0 Å². The molecular formula is C13H24N2O2S. The van der Waals surface area contributed by atoms with Crippen molar-refractivity contribution in [3.05, 3.63) is 0 Å². The Balaban J connectivity index is 1.51. The molecule has 1 N–H and O–H groups in total. The van der Waals surface area contributed by atoms with Gasteiger partial charge in [-0.3, -0.25) is 9.69 Å². The first-order valence-corrected chi connectivity index (χ1v) is 7.55. The van der Waals surface area contributed by atoms with Gasteiger partial charge in [-0.15, -0.1) is 0 Å². The minimum Gasteiger partial charge on any atom is -0.379 e. The van der Waals surface area contributed by atoms with Crippen molar-refractivity contribution in [2.24, 2.45) is 5.41 Å². The molecule has 2 aliphatic rings. The summed E-state index contributed by atoms with van der Waals surface area (Å²) >= 11 is 4.32. The second-order valence-corrected chi connectivity index (χ2v) is 5.81. The lowest BCUT2D eigenvalue weighted by atomic mass is 10.1. The Morgan fingerprint density at radius 3 is 2.67 bits per heavy atom. The predicted molar refractivity (Wildman–Crippen MR) is 75.0 cm³/mol. The first-order valence-electron chi connectivity index (χ1n) is 6.92. The second-order valence-electron chi connectivity index (χ2n) is 5.49. The summed E-state index contributed by atoms with van der Waals surface area (Å²) in [5, 5.41) is 3.02. The van der Waals surface area contributed by atoms with Gasteiger partial charge in [0.2, 0.25) is 5.91 Å². The van der Waals surface area contributed by atoms with Crippen molar-refractivity contribution < 1.29 is 9.53 Å².